The summed E-state index contributed by atoms with van der Waals surface area (Å²) >= 11 is 3.31. The lowest BCUT2D eigenvalue weighted by atomic mass is 9.89. The molecule has 1 saturated heterocycles. The number of carbonyl (C=O) groups is 2. The second-order valence-corrected chi connectivity index (χ2v) is 9.99. The van der Waals surface area contributed by atoms with E-state index in [0.717, 1.165) is 35.7 Å². The Morgan fingerprint density at radius 1 is 1.03 bits per heavy atom. The third-order valence-electron chi connectivity index (χ3n) is 5.55. The second kappa shape index (κ2) is 10.0. The summed E-state index contributed by atoms with van der Waals surface area (Å²) in [5, 5.41) is -0.158. The summed E-state index contributed by atoms with van der Waals surface area (Å²) in [6.45, 7) is 0.998. The molecule has 2 aromatic rings. The van der Waals surface area contributed by atoms with E-state index in [1.807, 2.05) is 48.5 Å². The summed E-state index contributed by atoms with van der Waals surface area (Å²) in [5.41, 5.74) is 1.89. The minimum absolute atomic E-state index is 0.158. The van der Waals surface area contributed by atoms with Crippen LogP contribution >= 0.6 is 34.4 Å². The van der Waals surface area contributed by atoms with E-state index in [1.165, 1.54) is 27.7 Å². The van der Waals surface area contributed by atoms with Gasteiger partial charge in [0.15, 0.2) is 0 Å². The Morgan fingerprint density at radius 2 is 1.77 bits per heavy atom. The molecule has 2 aromatic carbocycles. The highest BCUT2D eigenvalue weighted by molar-refractivity contribution is 14.1. The first-order valence-corrected chi connectivity index (χ1v) is 12.2. The van der Waals surface area contributed by atoms with Crippen molar-refractivity contribution >= 4 is 51.6 Å². The summed E-state index contributed by atoms with van der Waals surface area (Å²) in [7, 11) is 0. The highest BCUT2D eigenvalue weighted by Gasteiger charge is 2.36. The number of imide groups is 1. The van der Waals surface area contributed by atoms with E-state index in [0.29, 0.717) is 29.7 Å². The number of carbonyl (C=O) groups excluding carboxylic acids is 2. The summed E-state index contributed by atoms with van der Waals surface area (Å²) in [4.78, 5) is 27.3. The van der Waals surface area contributed by atoms with Crippen LogP contribution in [0, 0.1) is 9.49 Å². The van der Waals surface area contributed by atoms with Gasteiger partial charge in [0.1, 0.15) is 12.4 Å². The monoisotopic (exact) mass is 533 g/mol. The van der Waals surface area contributed by atoms with Crippen LogP contribution in [0.2, 0.25) is 0 Å². The molecule has 2 aliphatic rings. The maximum Gasteiger partial charge on any atom is 0.293 e. The molecule has 4 nitrogen and oxygen atoms in total. The third kappa shape index (κ3) is 5.27. The zero-order valence-electron chi connectivity index (χ0n) is 16.7. The largest absolute Gasteiger partial charge is 0.488 e. The maximum absolute atomic E-state index is 12.9. The average molecular weight is 533 g/mol. The lowest BCUT2D eigenvalue weighted by molar-refractivity contribution is -0.123. The standard InChI is InChI=1S/C24H24INO3S/c25-20-12-10-18(11-13-20)16-29-21-9-5-4-8-19(21)14-22-23(27)26(24(28)30-22)15-17-6-2-1-3-7-17/h4-5,8-14,17H,1-3,6-7,15-16H2/b22-14+. The zero-order chi connectivity index (χ0) is 20.9. The molecule has 30 heavy (non-hydrogen) atoms. The van der Waals surface area contributed by atoms with Crippen molar-refractivity contribution in [3.63, 3.8) is 0 Å². The SMILES string of the molecule is O=C1S/C(=C/c2ccccc2OCc2ccc(I)cc2)C(=O)N1CC1CCCCC1. The molecule has 0 aromatic heterocycles. The smallest absolute Gasteiger partial charge is 0.293 e. The molecule has 1 heterocycles. The molecule has 0 unspecified atom stereocenters. The number of thioether (sulfide) groups is 1. The van der Waals surface area contributed by atoms with Crippen LogP contribution in [0.1, 0.15) is 43.2 Å². The van der Waals surface area contributed by atoms with Crippen LogP contribution in [0.4, 0.5) is 4.79 Å². The molecule has 1 aliphatic carbocycles. The Bertz CT molecular complexity index is 951. The van der Waals surface area contributed by atoms with Crippen molar-refractivity contribution in [3.05, 3.63) is 68.1 Å². The summed E-state index contributed by atoms with van der Waals surface area (Å²) in [6.07, 6.45) is 7.66. The molecule has 0 atom stereocenters. The fraction of sp³-hybridized carbons (Fsp3) is 0.333. The van der Waals surface area contributed by atoms with Crippen molar-refractivity contribution in [1.82, 2.24) is 4.90 Å². The molecular formula is C24H24INO3S. The molecule has 0 radical (unpaired) electrons. The van der Waals surface area contributed by atoms with Gasteiger partial charge in [-0.05, 0) is 83.0 Å². The van der Waals surface area contributed by atoms with Crippen molar-refractivity contribution in [3.8, 4) is 5.75 Å². The molecule has 0 spiro atoms. The summed E-state index contributed by atoms with van der Waals surface area (Å²) < 4.78 is 7.20. The molecule has 4 rings (SSSR count). The molecule has 2 fully saturated rings. The Morgan fingerprint density at radius 3 is 2.53 bits per heavy atom. The molecule has 1 aliphatic heterocycles. The Labute approximate surface area is 195 Å². The number of hydrogen-bond donors (Lipinski definition) is 0. The quantitative estimate of drug-likeness (QED) is 0.315. The van der Waals surface area contributed by atoms with Gasteiger partial charge in [0.05, 0.1) is 4.91 Å². The number of amides is 2. The van der Waals surface area contributed by atoms with Crippen LogP contribution in [-0.2, 0) is 11.4 Å². The Balaban J connectivity index is 1.46. The molecule has 6 heteroatoms. The van der Waals surface area contributed by atoms with Crippen molar-refractivity contribution in [1.29, 1.82) is 0 Å². The van der Waals surface area contributed by atoms with Crippen LogP contribution in [0.5, 0.6) is 5.75 Å². The van der Waals surface area contributed by atoms with Gasteiger partial charge in [0.25, 0.3) is 11.1 Å². The van der Waals surface area contributed by atoms with Crippen molar-refractivity contribution < 1.29 is 14.3 Å². The number of para-hydroxylation sites is 1. The van der Waals surface area contributed by atoms with Gasteiger partial charge in [0.2, 0.25) is 0 Å². The lowest BCUT2D eigenvalue weighted by Crippen LogP contribution is -2.34. The molecule has 2 amide bonds. The number of rotatable bonds is 6. The minimum atomic E-state index is -0.178. The number of nitrogens with zero attached hydrogens (tertiary/aromatic N) is 1. The van der Waals surface area contributed by atoms with Gasteiger partial charge in [-0.2, -0.15) is 0 Å². The lowest BCUT2D eigenvalue weighted by Gasteiger charge is -2.25. The van der Waals surface area contributed by atoms with Crippen LogP contribution in [-0.4, -0.2) is 22.6 Å². The average Bonchev–Trinajstić information content (AvgIpc) is 3.02. The second-order valence-electron chi connectivity index (χ2n) is 7.75. The fourth-order valence-electron chi connectivity index (χ4n) is 3.90. The topological polar surface area (TPSA) is 46.6 Å². The number of benzene rings is 2. The van der Waals surface area contributed by atoms with E-state index in [4.69, 9.17) is 4.74 Å². The van der Waals surface area contributed by atoms with Gasteiger partial charge in [-0.25, -0.2) is 0 Å². The first-order valence-electron chi connectivity index (χ1n) is 10.3. The Kier molecular flexibility index (Phi) is 7.15. The van der Waals surface area contributed by atoms with Gasteiger partial charge >= 0.3 is 0 Å². The molecule has 1 saturated carbocycles. The predicted octanol–water partition coefficient (Wildman–Crippen LogP) is 6.49. The van der Waals surface area contributed by atoms with Crippen molar-refractivity contribution in [2.75, 3.05) is 6.54 Å². The number of ether oxygens (including phenoxy) is 1. The van der Waals surface area contributed by atoms with Gasteiger partial charge in [-0.15, -0.1) is 0 Å². The van der Waals surface area contributed by atoms with Gasteiger partial charge in [0, 0.05) is 15.7 Å². The van der Waals surface area contributed by atoms with Crippen LogP contribution in [0.15, 0.2) is 53.4 Å². The van der Waals surface area contributed by atoms with E-state index >= 15 is 0 Å². The fourth-order valence-corrected chi connectivity index (χ4v) is 5.10. The predicted molar refractivity (Wildman–Crippen MR) is 129 cm³/mol. The van der Waals surface area contributed by atoms with Crippen molar-refractivity contribution in [2.45, 2.75) is 38.7 Å². The maximum atomic E-state index is 12.9. The Hall–Kier alpha value is -1.80. The zero-order valence-corrected chi connectivity index (χ0v) is 19.7. The van der Waals surface area contributed by atoms with E-state index in [2.05, 4.69) is 22.6 Å². The first kappa shape index (κ1) is 21.4. The molecular weight excluding hydrogens is 509 g/mol. The van der Waals surface area contributed by atoms with E-state index < -0.39 is 0 Å². The van der Waals surface area contributed by atoms with Gasteiger partial charge < -0.3 is 4.74 Å². The third-order valence-corrected chi connectivity index (χ3v) is 7.18. The molecule has 0 N–H and O–H groups in total. The molecule has 0 bridgehead atoms. The van der Waals surface area contributed by atoms with Crippen molar-refractivity contribution in [2.24, 2.45) is 5.92 Å². The number of halogens is 1. The highest BCUT2D eigenvalue weighted by atomic mass is 127. The van der Waals surface area contributed by atoms with Gasteiger partial charge in [-0.3, -0.25) is 14.5 Å². The van der Waals surface area contributed by atoms with Gasteiger partial charge in [-0.1, -0.05) is 49.6 Å². The minimum Gasteiger partial charge on any atom is -0.488 e. The highest BCUT2D eigenvalue weighted by Crippen LogP contribution is 2.36. The van der Waals surface area contributed by atoms with Crippen LogP contribution in [0.3, 0.4) is 0 Å². The van der Waals surface area contributed by atoms with E-state index in [9.17, 15) is 9.59 Å². The summed E-state index contributed by atoms with van der Waals surface area (Å²) in [6, 6.07) is 15.8. The summed E-state index contributed by atoms with van der Waals surface area (Å²) in [5.74, 6) is 0.967. The molecule has 156 valence electrons. The first-order chi connectivity index (χ1) is 14.6. The van der Waals surface area contributed by atoms with E-state index in [1.54, 1.807) is 6.08 Å². The van der Waals surface area contributed by atoms with Crippen LogP contribution in [0.25, 0.3) is 6.08 Å². The van der Waals surface area contributed by atoms with E-state index in [-0.39, 0.29) is 11.1 Å². The normalized spacial score (nSPS) is 19.0. The number of hydrogen-bond acceptors (Lipinski definition) is 4. The van der Waals surface area contributed by atoms with Crippen LogP contribution < -0.4 is 4.74 Å².